The van der Waals surface area contributed by atoms with Crippen molar-refractivity contribution in [3.63, 3.8) is 0 Å². The van der Waals surface area contributed by atoms with Crippen molar-refractivity contribution in [2.45, 2.75) is 11.8 Å². The van der Waals surface area contributed by atoms with E-state index in [0.29, 0.717) is 9.99 Å². The van der Waals surface area contributed by atoms with Crippen LogP contribution in [-0.4, -0.2) is 44.8 Å². The number of hydrogen-bond donors (Lipinski definition) is 1. The average Bonchev–Trinajstić information content (AvgIpc) is 2.66. The number of sulfonamides is 1. The number of ether oxygens (including phenoxy) is 1. The van der Waals surface area contributed by atoms with Gasteiger partial charge in [-0.1, -0.05) is 30.3 Å². The van der Waals surface area contributed by atoms with E-state index in [-0.39, 0.29) is 23.6 Å². The highest BCUT2D eigenvalue weighted by atomic mass is 32.2. The zero-order valence-corrected chi connectivity index (χ0v) is 15.3. The SMILES string of the molecule is CCOC(=O)c1ccccc1S(=O)(=O)N(C)C(=O)CNc1ccccc1. The Kier molecular flexibility index (Phi) is 6.35. The summed E-state index contributed by atoms with van der Waals surface area (Å²) in [6.45, 7) is 1.53. The van der Waals surface area contributed by atoms with Crippen molar-refractivity contribution in [3.8, 4) is 0 Å². The molecule has 0 aliphatic rings. The van der Waals surface area contributed by atoms with E-state index in [1.807, 2.05) is 6.07 Å². The molecule has 8 heteroatoms. The minimum absolute atomic E-state index is 0.106. The number of para-hydroxylation sites is 1. The van der Waals surface area contributed by atoms with Crippen LogP contribution >= 0.6 is 0 Å². The Hall–Kier alpha value is -2.87. The summed E-state index contributed by atoms with van der Waals surface area (Å²) in [5, 5.41) is 2.86. The Morgan fingerprint density at radius 2 is 1.65 bits per heavy atom. The van der Waals surface area contributed by atoms with Gasteiger partial charge < -0.3 is 10.1 Å². The molecule has 0 aliphatic carbocycles. The standard InChI is InChI=1S/C18H20N2O5S/c1-3-25-18(22)15-11-7-8-12-16(15)26(23,24)20(2)17(21)13-19-14-9-5-4-6-10-14/h4-12,19H,3,13H2,1-2H3. The van der Waals surface area contributed by atoms with E-state index in [1.165, 1.54) is 24.3 Å². The van der Waals surface area contributed by atoms with Crippen LogP contribution in [-0.2, 0) is 19.6 Å². The lowest BCUT2D eigenvalue weighted by molar-refractivity contribution is -0.123. The summed E-state index contributed by atoms with van der Waals surface area (Å²) in [7, 11) is -3.03. The highest BCUT2D eigenvalue weighted by Crippen LogP contribution is 2.20. The van der Waals surface area contributed by atoms with Gasteiger partial charge in [0.2, 0.25) is 0 Å². The molecule has 0 aromatic heterocycles. The number of amides is 1. The summed E-state index contributed by atoms with van der Waals surface area (Å²) in [5.41, 5.74) is 0.587. The Morgan fingerprint density at radius 3 is 2.31 bits per heavy atom. The largest absolute Gasteiger partial charge is 0.462 e. The Bertz CT molecular complexity index is 881. The molecule has 0 spiro atoms. The minimum atomic E-state index is -4.19. The summed E-state index contributed by atoms with van der Waals surface area (Å²) in [4.78, 5) is 24.1. The first-order valence-electron chi connectivity index (χ1n) is 7.94. The molecule has 0 bridgehead atoms. The number of hydrogen-bond acceptors (Lipinski definition) is 6. The van der Waals surface area contributed by atoms with Crippen molar-refractivity contribution in [1.82, 2.24) is 4.31 Å². The van der Waals surface area contributed by atoms with Gasteiger partial charge in [0, 0.05) is 12.7 Å². The monoisotopic (exact) mass is 376 g/mol. The molecule has 0 atom stereocenters. The van der Waals surface area contributed by atoms with E-state index >= 15 is 0 Å². The first-order chi connectivity index (χ1) is 12.4. The van der Waals surface area contributed by atoms with Crippen molar-refractivity contribution in [2.75, 3.05) is 25.5 Å². The fourth-order valence-electron chi connectivity index (χ4n) is 2.20. The summed E-state index contributed by atoms with van der Waals surface area (Å²) in [6, 6.07) is 14.6. The van der Waals surface area contributed by atoms with Gasteiger partial charge in [-0.15, -0.1) is 0 Å². The predicted molar refractivity (Wildman–Crippen MR) is 97.3 cm³/mol. The number of carbonyl (C=O) groups excluding carboxylic acids is 2. The molecular weight excluding hydrogens is 356 g/mol. The molecule has 0 saturated heterocycles. The molecular formula is C18H20N2O5S. The van der Waals surface area contributed by atoms with Crippen molar-refractivity contribution >= 4 is 27.6 Å². The summed E-state index contributed by atoms with van der Waals surface area (Å²) >= 11 is 0. The second kappa shape index (κ2) is 8.48. The van der Waals surface area contributed by atoms with Gasteiger partial charge in [-0.05, 0) is 31.2 Å². The fourth-order valence-corrected chi connectivity index (χ4v) is 3.50. The molecule has 0 fully saturated rings. The topological polar surface area (TPSA) is 92.8 Å². The number of nitrogens with zero attached hydrogens (tertiary/aromatic N) is 1. The van der Waals surface area contributed by atoms with E-state index in [0.717, 1.165) is 7.05 Å². The van der Waals surface area contributed by atoms with Crippen LogP contribution in [0.15, 0.2) is 59.5 Å². The number of anilines is 1. The Morgan fingerprint density at radius 1 is 1.04 bits per heavy atom. The third-order valence-electron chi connectivity index (χ3n) is 3.59. The molecule has 0 radical (unpaired) electrons. The van der Waals surface area contributed by atoms with Gasteiger partial charge in [0.25, 0.3) is 15.9 Å². The molecule has 0 heterocycles. The van der Waals surface area contributed by atoms with Gasteiger partial charge in [-0.2, -0.15) is 0 Å². The van der Waals surface area contributed by atoms with Crippen LogP contribution in [0.2, 0.25) is 0 Å². The predicted octanol–water partition coefficient (Wildman–Crippen LogP) is 2.12. The van der Waals surface area contributed by atoms with Gasteiger partial charge in [0.1, 0.15) is 4.90 Å². The highest BCUT2D eigenvalue weighted by Gasteiger charge is 2.29. The number of benzene rings is 2. The minimum Gasteiger partial charge on any atom is -0.462 e. The lowest BCUT2D eigenvalue weighted by Crippen LogP contribution is -2.37. The third-order valence-corrected chi connectivity index (χ3v) is 5.43. The molecule has 138 valence electrons. The second-order valence-corrected chi connectivity index (χ2v) is 7.24. The third kappa shape index (κ3) is 4.40. The first kappa shape index (κ1) is 19.5. The average molecular weight is 376 g/mol. The number of rotatable bonds is 7. The zero-order valence-electron chi connectivity index (χ0n) is 14.5. The molecule has 0 saturated carbocycles. The van der Waals surface area contributed by atoms with Crippen LogP contribution in [0.3, 0.4) is 0 Å². The molecule has 0 aliphatic heterocycles. The smallest absolute Gasteiger partial charge is 0.339 e. The Labute approximate surface area is 152 Å². The van der Waals surface area contributed by atoms with E-state index in [1.54, 1.807) is 31.2 Å². The molecule has 26 heavy (non-hydrogen) atoms. The lowest BCUT2D eigenvalue weighted by atomic mass is 10.2. The van der Waals surface area contributed by atoms with Crippen molar-refractivity contribution in [2.24, 2.45) is 0 Å². The lowest BCUT2D eigenvalue weighted by Gasteiger charge is -2.19. The van der Waals surface area contributed by atoms with Crippen LogP contribution in [0.1, 0.15) is 17.3 Å². The number of likely N-dealkylation sites (N-methyl/N-ethyl adjacent to an activating group) is 1. The number of esters is 1. The van der Waals surface area contributed by atoms with Gasteiger partial charge in [-0.3, -0.25) is 4.79 Å². The van der Waals surface area contributed by atoms with Crippen molar-refractivity contribution in [1.29, 1.82) is 0 Å². The van der Waals surface area contributed by atoms with Gasteiger partial charge in [0.15, 0.2) is 0 Å². The fraction of sp³-hybridized carbons (Fsp3) is 0.222. The van der Waals surface area contributed by atoms with E-state index in [4.69, 9.17) is 4.74 Å². The van der Waals surface area contributed by atoms with Gasteiger partial charge in [-0.25, -0.2) is 17.5 Å². The zero-order chi connectivity index (χ0) is 19.2. The quantitative estimate of drug-likeness (QED) is 0.744. The van der Waals surface area contributed by atoms with Crippen molar-refractivity contribution in [3.05, 3.63) is 60.2 Å². The normalized spacial score (nSPS) is 10.8. The summed E-state index contributed by atoms with van der Waals surface area (Å²) in [5.74, 6) is -1.41. The van der Waals surface area contributed by atoms with Crippen LogP contribution in [0.4, 0.5) is 5.69 Å². The summed E-state index contributed by atoms with van der Waals surface area (Å²) < 4.78 is 31.1. The van der Waals surface area contributed by atoms with Crippen molar-refractivity contribution < 1.29 is 22.7 Å². The molecule has 0 unspecified atom stereocenters. The first-order valence-corrected chi connectivity index (χ1v) is 9.38. The second-order valence-electron chi connectivity index (χ2n) is 5.30. The van der Waals surface area contributed by atoms with E-state index in [2.05, 4.69) is 5.32 Å². The maximum absolute atomic E-state index is 12.8. The van der Waals surface area contributed by atoms with E-state index < -0.39 is 21.9 Å². The van der Waals surface area contributed by atoms with Crippen LogP contribution in [0.5, 0.6) is 0 Å². The summed E-state index contributed by atoms with van der Waals surface area (Å²) in [6.07, 6.45) is 0. The molecule has 2 aromatic carbocycles. The van der Waals surface area contributed by atoms with Gasteiger partial charge in [0.05, 0.1) is 18.7 Å². The molecule has 2 aromatic rings. The van der Waals surface area contributed by atoms with Crippen LogP contribution in [0.25, 0.3) is 0 Å². The molecule has 7 nitrogen and oxygen atoms in total. The Balaban J connectivity index is 2.21. The maximum Gasteiger partial charge on any atom is 0.339 e. The molecule has 2 rings (SSSR count). The highest BCUT2D eigenvalue weighted by molar-refractivity contribution is 7.89. The number of nitrogens with one attached hydrogen (secondary N) is 1. The van der Waals surface area contributed by atoms with Crippen LogP contribution < -0.4 is 5.32 Å². The number of carbonyl (C=O) groups is 2. The maximum atomic E-state index is 12.8. The molecule has 1 N–H and O–H groups in total. The van der Waals surface area contributed by atoms with Gasteiger partial charge >= 0.3 is 5.97 Å². The van der Waals surface area contributed by atoms with E-state index in [9.17, 15) is 18.0 Å². The van der Waals surface area contributed by atoms with Crippen LogP contribution in [0, 0.1) is 0 Å². The molecule has 1 amide bonds.